The minimum Gasteiger partial charge on any atom is -0.311 e. The molecule has 0 N–H and O–H groups in total. The van der Waals surface area contributed by atoms with Gasteiger partial charge >= 0.3 is 0 Å². The molecule has 0 atom stereocenters. The molecule has 0 heterocycles. The number of amides is 1. The van der Waals surface area contributed by atoms with Crippen molar-refractivity contribution in [2.45, 2.75) is 0 Å². The Labute approximate surface area is 72.1 Å². The average molecular weight is 161 g/mol. The van der Waals surface area contributed by atoms with Crippen molar-refractivity contribution in [1.29, 1.82) is 0 Å². The molecular formula is C10H11NO. The molecule has 0 aromatic heterocycles. The average Bonchev–Trinajstić information content (AvgIpc) is 2.15. The second kappa shape index (κ2) is 4.34. The summed E-state index contributed by atoms with van der Waals surface area (Å²) in [4.78, 5) is 12.2. The largest absolute Gasteiger partial charge is 0.311 e. The Morgan fingerprint density at radius 3 is 2.50 bits per heavy atom. The molecule has 0 saturated heterocycles. The summed E-state index contributed by atoms with van der Waals surface area (Å²) in [5.74, 6) is 0. The fourth-order valence-corrected chi connectivity index (χ4v) is 0.968. The lowest BCUT2D eigenvalue weighted by Gasteiger charge is -2.14. The molecule has 0 aliphatic carbocycles. The van der Waals surface area contributed by atoms with Crippen LogP contribution in [0, 0.1) is 0 Å². The van der Waals surface area contributed by atoms with Crippen molar-refractivity contribution < 1.29 is 4.79 Å². The number of hydrogen-bond acceptors (Lipinski definition) is 1. The molecule has 2 nitrogen and oxygen atoms in total. The van der Waals surface area contributed by atoms with Gasteiger partial charge in [0.25, 0.3) is 0 Å². The van der Waals surface area contributed by atoms with E-state index in [0.29, 0.717) is 6.54 Å². The fraction of sp³-hybridized carbons (Fsp3) is 0.100. The second-order valence-corrected chi connectivity index (χ2v) is 2.38. The van der Waals surface area contributed by atoms with Gasteiger partial charge in [0.05, 0.1) is 0 Å². The second-order valence-electron chi connectivity index (χ2n) is 2.38. The molecule has 62 valence electrons. The fourth-order valence-electron chi connectivity index (χ4n) is 0.968. The lowest BCUT2D eigenvalue weighted by molar-refractivity contribution is -0.107. The van der Waals surface area contributed by atoms with Crippen molar-refractivity contribution in [2.24, 2.45) is 0 Å². The van der Waals surface area contributed by atoms with Crippen molar-refractivity contribution in [2.75, 3.05) is 11.4 Å². The molecule has 1 amide bonds. The SMILES string of the molecule is C=CCN(C=O)c1ccccc1. The van der Waals surface area contributed by atoms with Crippen LogP contribution in [0.25, 0.3) is 0 Å². The maximum atomic E-state index is 10.6. The summed E-state index contributed by atoms with van der Waals surface area (Å²) in [6, 6.07) is 9.49. The molecule has 0 fully saturated rings. The minimum atomic E-state index is 0.549. The van der Waals surface area contributed by atoms with E-state index in [4.69, 9.17) is 0 Å². The molecule has 1 aromatic rings. The first-order valence-electron chi connectivity index (χ1n) is 3.76. The van der Waals surface area contributed by atoms with Crippen LogP contribution in [0.4, 0.5) is 5.69 Å². The van der Waals surface area contributed by atoms with E-state index in [0.717, 1.165) is 12.1 Å². The zero-order valence-electron chi connectivity index (χ0n) is 6.81. The van der Waals surface area contributed by atoms with Crippen LogP contribution in [0.3, 0.4) is 0 Å². The summed E-state index contributed by atoms with van der Waals surface area (Å²) in [7, 11) is 0. The Bertz CT molecular complexity index is 256. The first-order chi connectivity index (χ1) is 5.88. The molecule has 0 saturated carbocycles. The van der Waals surface area contributed by atoms with Gasteiger partial charge in [-0.25, -0.2) is 0 Å². The van der Waals surface area contributed by atoms with Gasteiger partial charge in [0.2, 0.25) is 6.41 Å². The molecule has 0 bridgehead atoms. The van der Waals surface area contributed by atoms with Gasteiger partial charge in [-0.3, -0.25) is 4.79 Å². The van der Waals surface area contributed by atoms with Crippen molar-refractivity contribution in [3.05, 3.63) is 43.0 Å². The summed E-state index contributed by atoms with van der Waals surface area (Å²) in [6.45, 7) is 4.12. The van der Waals surface area contributed by atoms with Gasteiger partial charge in [0.1, 0.15) is 0 Å². The number of para-hydroxylation sites is 1. The van der Waals surface area contributed by atoms with E-state index in [2.05, 4.69) is 6.58 Å². The number of carbonyl (C=O) groups excluding carboxylic acids is 1. The standard InChI is InChI=1S/C10H11NO/c1-2-8-11(9-12)10-6-4-3-5-7-10/h2-7,9H,1,8H2. The zero-order valence-corrected chi connectivity index (χ0v) is 6.81. The van der Waals surface area contributed by atoms with Gasteiger partial charge < -0.3 is 4.90 Å². The zero-order chi connectivity index (χ0) is 8.81. The quantitative estimate of drug-likeness (QED) is 0.487. The summed E-state index contributed by atoms with van der Waals surface area (Å²) in [5.41, 5.74) is 0.896. The third kappa shape index (κ3) is 1.95. The lowest BCUT2D eigenvalue weighted by atomic mass is 10.3. The van der Waals surface area contributed by atoms with Gasteiger partial charge in [-0.05, 0) is 12.1 Å². The van der Waals surface area contributed by atoms with Crippen LogP contribution in [0.2, 0.25) is 0 Å². The summed E-state index contributed by atoms with van der Waals surface area (Å²) in [5, 5.41) is 0. The van der Waals surface area contributed by atoms with Crippen molar-refractivity contribution >= 4 is 12.1 Å². The maximum absolute atomic E-state index is 10.6. The van der Waals surface area contributed by atoms with Crippen LogP contribution >= 0.6 is 0 Å². The molecule has 0 spiro atoms. The number of nitrogens with zero attached hydrogens (tertiary/aromatic N) is 1. The highest BCUT2D eigenvalue weighted by molar-refractivity contribution is 5.75. The Kier molecular flexibility index (Phi) is 3.08. The highest BCUT2D eigenvalue weighted by Crippen LogP contribution is 2.10. The van der Waals surface area contributed by atoms with Crippen LogP contribution in [-0.4, -0.2) is 13.0 Å². The highest BCUT2D eigenvalue weighted by Gasteiger charge is 1.99. The highest BCUT2D eigenvalue weighted by atomic mass is 16.1. The van der Waals surface area contributed by atoms with E-state index in [-0.39, 0.29) is 0 Å². The van der Waals surface area contributed by atoms with Crippen molar-refractivity contribution in [3.63, 3.8) is 0 Å². The van der Waals surface area contributed by atoms with Crippen LogP contribution in [0.15, 0.2) is 43.0 Å². The van der Waals surface area contributed by atoms with E-state index >= 15 is 0 Å². The van der Waals surface area contributed by atoms with Gasteiger partial charge in [-0.1, -0.05) is 24.3 Å². The van der Waals surface area contributed by atoms with Gasteiger partial charge in [-0.15, -0.1) is 6.58 Å². The predicted octanol–water partition coefficient (Wildman–Crippen LogP) is 1.84. The topological polar surface area (TPSA) is 20.3 Å². The monoisotopic (exact) mass is 161 g/mol. The normalized spacial score (nSPS) is 9.00. The van der Waals surface area contributed by atoms with Crippen LogP contribution in [0.1, 0.15) is 0 Å². The molecule has 1 rings (SSSR count). The summed E-state index contributed by atoms with van der Waals surface area (Å²) in [6.07, 6.45) is 2.50. The molecule has 0 aliphatic heterocycles. The third-order valence-electron chi connectivity index (χ3n) is 1.54. The Morgan fingerprint density at radius 1 is 1.33 bits per heavy atom. The Balaban J connectivity index is 2.79. The van der Waals surface area contributed by atoms with Crippen molar-refractivity contribution in [3.8, 4) is 0 Å². The third-order valence-corrected chi connectivity index (χ3v) is 1.54. The molecule has 1 aromatic carbocycles. The molecule has 0 aliphatic rings. The molecule has 0 unspecified atom stereocenters. The molecule has 2 heteroatoms. The van der Waals surface area contributed by atoms with E-state index < -0.39 is 0 Å². The summed E-state index contributed by atoms with van der Waals surface area (Å²) < 4.78 is 0. The minimum absolute atomic E-state index is 0.549. The summed E-state index contributed by atoms with van der Waals surface area (Å²) >= 11 is 0. The number of benzene rings is 1. The van der Waals surface area contributed by atoms with Crippen LogP contribution in [-0.2, 0) is 4.79 Å². The Hall–Kier alpha value is -1.57. The van der Waals surface area contributed by atoms with Crippen molar-refractivity contribution in [1.82, 2.24) is 0 Å². The van der Waals surface area contributed by atoms with Crippen LogP contribution in [0.5, 0.6) is 0 Å². The maximum Gasteiger partial charge on any atom is 0.214 e. The Morgan fingerprint density at radius 2 is 2.00 bits per heavy atom. The predicted molar refractivity (Wildman–Crippen MR) is 50.0 cm³/mol. The molecular weight excluding hydrogens is 150 g/mol. The van der Waals surface area contributed by atoms with Gasteiger partial charge in [0, 0.05) is 12.2 Å². The van der Waals surface area contributed by atoms with E-state index in [1.807, 2.05) is 30.3 Å². The molecule has 12 heavy (non-hydrogen) atoms. The molecule has 0 radical (unpaired) electrons. The first kappa shape index (κ1) is 8.53. The van der Waals surface area contributed by atoms with Gasteiger partial charge in [-0.2, -0.15) is 0 Å². The smallest absolute Gasteiger partial charge is 0.214 e. The van der Waals surface area contributed by atoms with Gasteiger partial charge in [0.15, 0.2) is 0 Å². The van der Waals surface area contributed by atoms with E-state index in [1.54, 1.807) is 11.0 Å². The number of hydrogen-bond donors (Lipinski definition) is 0. The first-order valence-corrected chi connectivity index (χ1v) is 3.76. The van der Waals surface area contributed by atoms with E-state index in [1.165, 1.54) is 0 Å². The number of anilines is 1. The number of rotatable bonds is 4. The lowest BCUT2D eigenvalue weighted by Crippen LogP contribution is -2.20. The van der Waals surface area contributed by atoms with E-state index in [9.17, 15) is 4.79 Å². The van der Waals surface area contributed by atoms with Crippen LogP contribution < -0.4 is 4.90 Å². The number of carbonyl (C=O) groups is 1.